The van der Waals surface area contributed by atoms with Crippen molar-refractivity contribution in [2.75, 3.05) is 0 Å². The van der Waals surface area contributed by atoms with Crippen LogP contribution in [0.3, 0.4) is 0 Å². The molecule has 4 N–H and O–H groups in total. The van der Waals surface area contributed by atoms with Crippen molar-refractivity contribution in [3.63, 3.8) is 0 Å². The Balaban J connectivity index is 2.17. The number of nitrogens with two attached hydrogens (primary N) is 2. The van der Waals surface area contributed by atoms with Crippen LogP contribution in [0, 0.1) is 0 Å². The minimum absolute atomic E-state index is 0.0244. The lowest BCUT2D eigenvalue weighted by Gasteiger charge is -2.06. The maximum atomic E-state index is 5.35. The second-order valence-corrected chi connectivity index (χ2v) is 4.52. The third kappa shape index (κ3) is 4.57. The standard InChI is InChI=1S/C16H18N4/c17-16(18)20-19-15(11-13-7-3-1-4-8-13)12-14-9-5-2-6-10-14/h1-10H,11-12H2,(H4,17,18,20). The molecule has 0 unspecified atom stereocenters. The van der Waals surface area contributed by atoms with E-state index in [-0.39, 0.29) is 5.96 Å². The summed E-state index contributed by atoms with van der Waals surface area (Å²) in [7, 11) is 0. The normalized spacial score (nSPS) is 9.80. The molecule has 0 bridgehead atoms. The summed E-state index contributed by atoms with van der Waals surface area (Å²) in [5, 5.41) is 7.95. The first-order valence-electron chi connectivity index (χ1n) is 6.46. The molecule has 0 amide bonds. The van der Waals surface area contributed by atoms with Gasteiger partial charge < -0.3 is 11.5 Å². The van der Waals surface area contributed by atoms with Crippen molar-refractivity contribution < 1.29 is 0 Å². The second-order valence-electron chi connectivity index (χ2n) is 4.52. The molecule has 102 valence electrons. The highest BCUT2D eigenvalue weighted by molar-refractivity contribution is 5.89. The fourth-order valence-corrected chi connectivity index (χ4v) is 1.92. The lowest BCUT2D eigenvalue weighted by atomic mass is 10.0. The van der Waals surface area contributed by atoms with Crippen LogP contribution in [-0.4, -0.2) is 11.7 Å². The molecule has 2 aromatic carbocycles. The van der Waals surface area contributed by atoms with Crippen LogP contribution in [0.25, 0.3) is 0 Å². The van der Waals surface area contributed by atoms with Crippen LogP contribution in [0.5, 0.6) is 0 Å². The number of hydrogen-bond donors (Lipinski definition) is 2. The van der Waals surface area contributed by atoms with Gasteiger partial charge in [-0.25, -0.2) is 0 Å². The molecular weight excluding hydrogens is 248 g/mol. The maximum absolute atomic E-state index is 5.35. The lowest BCUT2D eigenvalue weighted by molar-refractivity contribution is 1.12. The van der Waals surface area contributed by atoms with Crippen LogP contribution < -0.4 is 11.5 Å². The zero-order chi connectivity index (χ0) is 14.2. The van der Waals surface area contributed by atoms with Crippen molar-refractivity contribution in [3.05, 3.63) is 71.8 Å². The Bertz CT molecular complexity index is 541. The zero-order valence-electron chi connectivity index (χ0n) is 11.2. The predicted octanol–water partition coefficient (Wildman–Crippen LogP) is 2.10. The van der Waals surface area contributed by atoms with Gasteiger partial charge in [-0.15, -0.1) is 5.10 Å². The highest BCUT2D eigenvalue weighted by atomic mass is 15.3. The summed E-state index contributed by atoms with van der Waals surface area (Å²) in [6.07, 6.45) is 1.46. The molecule has 4 nitrogen and oxygen atoms in total. The molecule has 0 saturated carbocycles. The third-order valence-corrected chi connectivity index (χ3v) is 2.81. The SMILES string of the molecule is NC(N)=NN=C(Cc1ccccc1)Cc1ccccc1. The topological polar surface area (TPSA) is 76.8 Å². The molecule has 4 heteroatoms. The average Bonchev–Trinajstić information content (AvgIpc) is 2.47. The highest BCUT2D eigenvalue weighted by Gasteiger charge is 2.03. The fourth-order valence-electron chi connectivity index (χ4n) is 1.92. The Morgan fingerprint density at radius 2 is 1.15 bits per heavy atom. The largest absolute Gasteiger partial charge is 0.369 e. The monoisotopic (exact) mass is 266 g/mol. The number of nitrogens with zero attached hydrogens (tertiary/aromatic N) is 2. The molecular formula is C16H18N4. The Hall–Kier alpha value is -2.62. The Morgan fingerprint density at radius 3 is 1.55 bits per heavy atom. The maximum Gasteiger partial charge on any atom is 0.211 e. The molecule has 2 aromatic rings. The molecule has 0 spiro atoms. The van der Waals surface area contributed by atoms with Gasteiger partial charge in [0.1, 0.15) is 0 Å². The van der Waals surface area contributed by atoms with E-state index in [0.29, 0.717) is 0 Å². The van der Waals surface area contributed by atoms with Crippen LogP contribution in [0.4, 0.5) is 0 Å². The van der Waals surface area contributed by atoms with E-state index in [2.05, 4.69) is 34.5 Å². The van der Waals surface area contributed by atoms with E-state index in [1.54, 1.807) is 0 Å². The molecule has 0 heterocycles. The molecule has 0 radical (unpaired) electrons. The van der Waals surface area contributed by atoms with E-state index >= 15 is 0 Å². The summed E-state index contributed by atoms with van der Waals surface area (Å²) >= 11 is 0. The van der Waals surface area contributed by atoms with Crippen LogP contribution in [0.15, 0.2) is 70.9 Å². The van der Waals surface area contributed by atoms with E-state index in [0.717, 1.165) is 18.6 Å². The zero-order valence-corrected chi connectivity index (χ0v) is 11.2. The molecule has 0 atom stereocenters. The van der Waals surface area contributed by atoms with Crippen molar-refractivity contribution in [2.24, 2.45) is 21.7 Å². The van der Waals surface area contributed by atoms with Crippen LogP contribution in [-0.2, 0) is 12.8 Å². The fraction of sp³-hybridized carbons (Fsp3) is 0.125. The summed E-state index contributed by atoms with van der Waals surface area (Å²) in [5.41, 5.74) is 14.0. The Kier molecular flexibility index (Phi) is 4.89. The van der Waals surface area contributed by atoms with Crippen molar-refractivity contribution >= 4 is 11.7 Å². The van der Waals surface area contributed by atoms with Crippen LogP contribution >= 0.6 is 0 Å². The molecule has 2 rings (SSSR count). The van der Waals surface area contributed by atoms with Gasteiger partial charge in [0.2, 0.25) is 5.96 Å². The van der Waals surface area contributed by atoms with E-state index in [9.17, 15) is 0 Å². The number of benzene rings is 2. The summed E-state index contributed by atoms with van der Waals surface area (Å²) in [5.74, 6) is -0.0244. The van der Waals surface area contributed by atoms with Gasteiger partial charge in [0, 0.05) is 18.6 Å². The second kappa shape index (κ2) is 7.09. The highest BCUT2D eigenvalue weighted by Crippen LogP contribution is 2.07. The smallest absolute Gasteiger partial charge is 0.211 e. The van der Waals surface area contributed by atoms with E-state index in [1.807, 2.05) is 36.4 Å². The third-order valence-electron chi connectivity index (χ3n) is 2.81. The number of guanidine groups is 1. The molecule has 0 aliphatic heterocycles. The van der Waals surface area contributed by atoms with Crippen LogP contribution in [0.1, 0.15) is 11.1 Å². The van der Waals surface area contributed by atoms with Crippen molar-refractivity contribution in [3.8, 4) is 0 Å². The van der Waals surface area contributed by atoms with Crippen molar-refractivity contribution in [2.45, 2.75) is 12.8 Å². The number of hydrogen-bond acceptors (Lipinski definition) is 2. The van der Waals surface area contributed by atoms with E-state index in [1.165, 1.54) is 11.1 Å². The van der Waals surface area contributed by atoms with Crippen molar-refractivity contribution in [1.82, 2.24) is 0 Å². The van der Waals surface area contributed by atoms with Gasteiger partial charge in [-0.3, -0.25) is 0 Å². The minimum Gasteiger partial charge on any atom is -0.369 e. The van der Waals surface area contributed by atoms with Gasteiger partial charge in [-0.1, -0.05) is 60.7 Å². The van der Waals surface area contributed by atoms with Gasteiger partial charge in [-0.2, -0.15) is 5.10 Å². The Morgan fingerprint density at radius 1 is 0.700 bits per heavy atom. The van der Waals surface area contributed by atoms with Gasteiger partial charge in [-0.05, 0) is 11.1 Å². The molecule has 0 aromatic heterocycles. The first-order chi connectivity index (χ1) is 9.74. The van der Waals surface area contributed by atoms with Gasteiger partial charge in [0.05, 0.1) is 0 Å². The first kappa shape index (κ1) is 13.8. The van der Waals surface area contributed by atoms with Gasteiger partial charge in [0.15, 0.2) is 0 Å². The average molecular weight is 266 g/mol. The summed E-state index contributed by atoms with van der Waals surface area (Å²) in [6, 6.07) is 20.3. The van der Waals surface area contributed by atoms with Gasteiger partial charge >= 0.3 is 0 Å². The molecule has 0 saturated heterocycles. The molecule has 20 heavy (non-hydrogen) atoms. The summed E-state index contributed by atoms with van der Waals surface area (Å²) < 4.78 is 0. The molecule has 0 aliphatic rings. The molecule has 0 aliphatic carbocycles. The number of rotatable bonds is 5. The first-order valence-corrected chi connectivity index (χ1v) is 6.46. The summed E-state index contributed by atoms with van der Waals surface area (Å²) in [6.45, 7) is 0. The van der Waals surface area contributed by atoms with E-state index < -0.39 is 0 Å². The predicted molar refractivity (Wildman–Crippen MR) is 83.5 cm³/mol. The van der Waals surface area contributed by atoms with E-state index in [4.69, 9.17) is 11.5 Å². The Labute approximate surface area is 118 Å². The van der Waals surface area contributed by atoms with Gasteiger partial charge in [0.25, 0.3) is 0 Å². The lowest BCUT2D eigenvalue weighted by Crippen LogP contribution is -2.22. The quantitative estimate of drug-likeness (QED) is 0.494. The minimum atomic E-state index is -0.0244. The van der Waals surface area contributed by atoms with Crippen LogP contribution in [0.2, 0.25) is 0 Å². The summed E-state index contributed by atoms with van der Waals surface area (Å²) in [4.78, 5) is 0. The van der Waals surface area contributed by atoms with Crippen molar-refractivity contribution in [1.29, 1.82) is 0 Å². The molecule has 0 fully saturated rings.